The van der Waals surface area contributed by atoms with Crippen molar-refractivity contribution in [2.45, 2.75) is 11.9 Å². The van der Waals surface area contributed by atoms with Crippen LogP contribution >= 0.6 is 12.6 Å². The van der Waals surface area contributed by atoms with E-state index in [1.807, 2.05) is 0 Å². The van der Waals surface area contributed by atoms with Gasteiger partial charge < -0.3 is 5.11 Å². The second kappa shape index (κ2) is 2.95. The summed E-state index contributed by atoms with van der Waals surface area (Å²) < 4.78 is 1.36. The SMILES string of the molecule is Cc1cc(S)nc2nc(C(=O)O)nn12. The monoisotopic (exact) mass is 210 g/mol. The van der Waals surface area contributed by atoms with Gasteiger partial charge in [0.15, 0.2) is 0 Å². The molecular formula is C7H6N4O2S. The van der Waals surface area contributed by atoms with Crippen molar-refractivity contribution in [3.05, 3.63) is 17.6 Å². The third kappa shape index (κ3) is 1.31. The third-order valence-corrected chi connectivity index (χ3v) is 1.90. The van der Waals surface area contributed by atoms with Crippen molar-refractivity contribution in [2.75, 3.05) is 0 Å². The average Bonchev–Trinajstić information content (AvgIpc) is 2.47. The number of aromatic nitrogens is 4. The number of hydrogen-bond donors (Lipinski definition) is 2. The van der Waals surface area contributed by atoms with E-state index in [1.165, 1.54) is 4.52 Å². The second-order valence-corrected chi connectivity index (χ2v) is 3.17. The number of thiol groups is 1. The predicted octanol–water partition coefficient (Wildman–Crippen LogP) is 0.420. The fourth-order valence-electron chi connectivity index (χ4n) is 1.09. The highest BCUT2D eigenvalue weighted by Gasteiger charge is 2.12. The largest absolute Gasteiger partial charge is 0.475 e. The Hall–Kier alpha value is -1.63. The zero-order valence-electron chi connectivity index (χ0n) is 7.17. The lowest BCUT2D eigenvalue weighted by Crippen LogP contribution is -2.00. The number of hydrogen-bond acceptors (Lipinski definition) is 5. The fourth-order valence-corrected chi connectivity index (χ4v) is 1.36. The number of aryl methyl sites for hydroxylation is 1. The van der Waals surface area contributed by atoms with Gasteiger partial charge >= 0.3 is 5.97 Å². The number of carboxylic acid groups (broad SMARTS) is 1. The van der Waals surface area contributed by atoms with Gasteiger partial charge in [-0.15, -0.1) is 17.7 Å². The smallest absolute Gasteiger partial charge is 0.375 e. The molecule has 0 bridgehead atoms. The Labute approximate surface area is 84.0 Å². The summed E-state index contributed by atoms with van der Waals surface area (Å²) >= 11 is 4.05. The van der Waals surface area contributed by atoms with Gasteiger partial charge in [0.1, 0.15) is 0 Å². The minimum atomic E-state index is -1.17. The second-order valence-electron chi connectivity index (χ2n) is 2.71. The number of fused-ring (bicyclic) bond motifs is 1. The molecule has 0 aliphatic carbocycles. The van der Waals surface area contributed by atoms with Gasteiger partial charge in [0.25, 0.3) is 11.6 Å². The Kier molecular flexibility index (Phi) is 1.88. The van der Waals surface area contributed by atoms with Crippen molar-refractivity contribution in [1.29, 1.82) is 0 Å². The molecule has 2 aromatic rings. The first-order valence-electron chi connectivity index (χ1n) is 3.74. The van der Waals surface area contributed by atoms with E-state index in [-0.39, 0.29) is 11.6 Å². The summed E-state index contributed by atoms with van der Waals surface area (Å²) in [6, 6.07) is 1.68. The molecule has 14 heavy (non-hydrogen) atoms. The van der Waals surface area contributed by atoms with E-state index in [1.54, 1.807) is 13.0 Å². The highest BCUT2D eigenvalue weighted by atomic mass is 32.1. The molecule has 2 rings (SSSR count). The first-order valence-corrected chi connectivity index (χ1v) is 4.19. The maximum atomic E-state index is 10.6. The number of rotatable bonds is 1. The van der Waals surface area contributed by atoms with Crippen LogP contribution in [0.25, 0.3) is 5.78 Å². The summed E-state index contributed by atoms with van der Waals surface area (Å²) in [6.07, 6.45) is 0. The van der Waals surface area contributed by atoms with Crippen LogP contribution in [0.2, 0.25) is 0 Å². The number of aromatic carboxylic acids is 1. The summed E-state index contributed by atoms with van der Waals surface area (Å²) in [7, 11) is 0. The number of carbonyl (C=O) groups is 1. The van der Waals surface area contributed by atoms with Crippen LogP contribution in [0, 0.1) is 6.92 Å². The topological polar surface area (TPSA) is 80.4 Å². The lowest BCUT2D eigenvalue weighted by atomic mass is 10.5. The molecule has 0 unspecified atom stereocenters. The number of nitrogens with zero attached hydrogens (tertiary/aromatic N) is 4. The predicted molar refractivity (Wildman–Crippen MR) is 49.7 cm³/mol. The molecule has 0 saturated heterocycles. The summed E-state index contributed by atoms with van der Waals surface area (Å²) in [5, 5.41) is 12.9. The molecule has 0 spiro atoms. The minimum Gasteiger partial charge on any atom is -0.475 e. The molecule has 0 fully saturated rings. The minimum absolute atomic E-state index is 0.243. The van der Waals surface area contributed by atoms with Crippen LogP contribution in [-0.4, -0.2) is 30.7 Å². The van der Waals surface area contributed by atoms with Gasteiger partial charge in [-0.2, -0.15) is 4.98 Å². The highest BCUT2D eigenvalue weighted by molar-refractivity contribution is 7.80. The van der Waals surface area contributed by atoms with Crippen molar-refractivity contribution in [2.24, 2.45) is 0 Å². The van der Waals surface area contributed by atoms with Crippen LogP contribution in [0.5, 0.6) is 0 Å². The molecule has 0 aliphatic heterocycles. The summed E-state index contributed by atoms with van der Waals surface area (Å²) in [6.45, 7) is 1.77. The molecule has 0 aliphatic rings. The van der Waals surface area contributed by atoms with Gasteiger partial charge in [0, 0.05) is 5.69 Å². The quantitative estimate of drug-likeness (QED) is 0.526. The van der Waals surface area contributed by atoms with Gasteiger partial charge in [-0.05, 0) is 13.0 Å². The maximum absolute atomic E-state index is 10.6. The molecule has 2 heterocycles. The molecule has 6 nitrogen and oxygen atoms in total. The highest BCUT2D eigenvalue weighted by Crippen LogP contribution is 2.08. The third-order valence-electron chi connectivity index (χ3n) is 1.67. The van der Waals surface area contributed by atoms with Gasteiger partial charge in [-0.1, -0.05) is 0 Å². The Bertz CT molecular complexity index is 522. The van der Waals surface area contributed by atoms with Crippen molar-refractivity contribution < 1.29 is 9.90 Å². The molecule has 7 heteroatoms. The van der Waals surface area contributed by atoms with Crippen LogP contribution in [0.3, 0.4) is 0 Å². The van der Waals surface area contributed by atoms with Crippen LogP contribution in [-0.2, 0) is 0 Å². The van der Waals surface area contributed by atoms with E-state index >= 15 is 0 Å². The van der Waals surface area contributed by atoms with Crippen LogP contribution in [0.4, 0.5) is 0 Å². The molecule has 0 aromatic carbocycles. The standard InChI is InChI=1S/C7H6N4O2S/c1-3-2-4(14)8-7-9-5(6(12)13)10-11(3)7/h2H,1H3,(H,12,13)(H,8,9,10,14). The molecule has 0 saturated carbocycles. The van der Waals surface area contributed by atoms with Gasteiger partial charge in [-0.25, -0.2) is 14.3 Å². The van der Waals surface area contributed by atoms with Crippen molar-refractivity contribution >= 4 is 24.4 Å². The molecule has 0 radical (unpaired) electrons. The van der Waals surface area contributed by atoms with Gasteiger partial charge in [0.05, 0.1) is 5.03 Å². The van der Waals surface area contributed by atoms with Gasteiger partial charge in [-0.3, -0.25) is 0 Å². The molecule has 0 atom stereocenters. The fraction of sp³-hybridized carbons (Fsp3) is 0.143. The van der Waals surface area contributed by atoms with E-state index in [2.05, 4.69) is 27.7 Å². The van der Waals surface area contributed by atoms with Crippen molar-refractivity contribution in [1.82, 2.24) is 19.6 Å². The van der Waals surface area contributed by atoms with Crippen molar-refractivity contribution in [3.63, 3.8) is 0 Å². The summed E-state index contributed by atoms with van der Waals surface area (Å²) in [5.74, 6) is -1.19. The van der Waals surface area contributed by atoms with E-state index in [9.17, 15) is 4.79 Å². The van der Waals surface area contributed by atoms with E-state index in [0.717, 1.165) is 5.69 Å². The summed E-state index contributed by atoms with van der Waals surface area (Å²) in [5.41, 5.74) is 0.736. The molecule has 0 amide bonds. The van der Waals surface area contributed by atoms with E-state index in [4.69, 9.17) is 5.11 Å². The Morgan fingerprint density at radius 1 is 1.57 bits per heavy atom. The molecule has 72 valence electrons. The van der Waals surface area contributed by atoms with Crippen LogP contribution < -0.4 is 0 Å². The van der Waals surface area contributed by atoms with Crippen LogP contribution in [0.1, 0.15) is 16.3 Å². The molecular weight excluding hydrogens is 204 g/mol. The normalized spacial score (nSPS) is 10.7. The van der Waals surface area contributed by atoms with Crippen LogP contribution in [0.15, 0.2) is 11.1 Å². The van der Waals surface area contributed by atoms with E-state index < -0.39 is 5.97 Å². The first kappa shape index (κ1) is 8.95. The van der Waals surface area contributed by atoms with Crippen molar-refractivity contribution in [3.8, 4) is 0 Å². The Balaban J connectivity index is 2.76. The Morgan fingerprint density at radius 2 is 2.29 bits per heavy atom. The zero-order chi connectivity index (χ0) is 10.3. The molecule has 2 aromatic heterocycles. The van der Waals surface area contributed by atoms with E-state index in [0.29, 0.717) is 5.03 Å². The average molecular weight is 210 g/mol. The zero-order valence-corrected chi connectivity index (χ0v) is 8.06. The summed E-state index contributed by atoms with van der Waals surface area (Å²) in [4.78, 5) is 18.2. The maximum Gasteiger partial charge on any atom is 0.375 e. The van der Waals surface area contributed by atoms with Gasteiger partial charge in [0.2, 0.25) is 0 Å². The lowest BCUT2D eigenvalue weighted by molar-refractivity contribution is 0.0684. The Morgan fingerprint density at radius 3 is 2.93 bits per heavy atom. The first-order chi connectivity index (χ1) is 6.58. The molecule has 1 N–H and O–H groups in total. The number of carboxylic acids is 1. The lowest BCUT2D eigenvalue weighted by Gasteiger charge is -1.96.